The molecule has 0 atom stereocenters. The summed E-state index contributed by atoms with van der Waals surface area (Å²) in [5, 5.41) is 11.5. The van der Waals surface area contributed by atoms with Gasteiger partial charge in [0.1, 0.15) is 12.4 Å². The molecule has 0 amide bonds. The number of hydrogen-bond acceptors (Lipinski definition) is 3. The zero-order valence-electron chi connectivity index (χ0n) is 13.5. The molecule has 0 unspecified atom stereocenters. The zero-order chi connectivity index (χ0) is 15.0. The van der Waals surface area contributed by atoms with Gasteiger partial charge in [-0.1, -0.05) is 6.08 Å². The van der Waals surface area contributed by atoms with Gasteiger partial charge in [0.2, 0.25) is 0 Å². The lowest BCUT2D eigenvalue weighted by Gasteiger charge is -2.21. The van der Waals surface area contributed by atoms with E-state index in [9.17, 15) is 0 Å². The van der Waals surface area contributed by atoms with Crippen LogP contribution in [0.15, 0.2) is 17.6 Å². The van der Waals surface area contributed by atoms with E-state index in [1.165, 1.54) is 0 Å². The second-order valence-corrected chi connectivity index (χ2v) is 4.75. The number of rotatable bonds is 7. The van der Waals surface area contributed by atoms with Crippen LogP contribution in [0, 0.1) is 6.92 Å². The van der Waals surface area contributed by atoms with Gasteiger partial charge >= 0.3 is 0 Å². The molecule has 21 heavy (non-hydrogen) atoms. The maximum Gasteiger partial charge on any atom is 0.194 e. The highest BCUT2D eigenvalue weighted by molar-refractivity contribution is 14.0. The number of nitrogens with zero attached hydrogens (tertiary/aromatic N) is 5. The summed E-state index contributed by atoms with van der Waals surface area (Å²) < 4.78 is 1.96. The smallest absolute Gasteiger partial charge is 0.194 e. The molecule has 0 radical (unpaired) electrons. The van der Waals surface area contributed by atoms with Gasteiger partial charge in [-0.15, -0.1) is 40.8 Å². The van der Waals surface area contributed by atoms with Crippen molar-refractivity contribution < 1.29 is 0 Å². The highest BCUT2D eigenvalue weighted by atomic mass is 127. The first-order valence-corrected chi connectivity index (χ1v) is 7.05. The number of aliphatic imine (C=N–C) groups is 1. The largest absolute Gasteiger partial charge is 0.357 e. The lowest BCUT2D eigenvalue weighted by Crippen LogP contribution is -2.39. The third-order valence-corrected chi connectivity index (χ3v) is 3.15. The molecule has 7 heteroatoms. The van der Waals surface area contributed by atoms with E-state index in [4.69, 9.17) is 0 Å². The van der Waals surface area contributed by atoms with Crippen LogP contribution >= 0.6 is 24.0 Å². The summed E-state index contributed by atoms with van der Waals surface area (Å²) in [5.41, 5.74) is 0. The van der Waals surface area contributed by atoms with Crippen LogP contribution in [-0.2, 0) is 13.6 Å². The van der Waals surface area contributed by atoms with E-state index >= 15 is 0 Å². The Morgan fingerprint density at radius 1 is 1.48 bits per heavy atom. The molecule has 0 aromatic carbocycles. The molecule has 6 nitrogen and oxygen atoms in total. The van der Waals surface area contributed by atoms with Crippen molar-refractivity contribution in [2.75, 3.05) is 20.1 Å². The molecule has 0 spiro atoms. The lowest BCUT2D eigenvalue weighted by atomic mass is 10.3. The van der Waals surface area contributed by atoms with Crippen LogP contribution in [0.4, 0.5) is 0 Å². The molecule has 0 aliphatic carbocycles. The first-order valence-electron chi connectivity index (χ1n) is 7.05. The van der Waals surface area contributed by atoms with Crippen LogP contribution in [0.25, 0.3) is 0 Å². The number of aryl methyl sites for hydroxylation is 1. The van der Waals surface area contributed by atoms with Gasteiger partial charge < -0.3 is 14.8 Å². The van der Waals surface area contributed by atoms with Crippen molar-refractivity contribution in [3.63, 3.8) is 0 Å². The van der Waals surface area contributed by atoms with Crippen LogP contribution in [0.3, 0.4) is 0 Å². The van der Waals surface area contributed by atoms with Crippen molar-refractivity contribution in [2.24, 2.45) is 12.0 Å². The molecule has 120 valence electrons. The van der Waals surface area contributed by atoms with Gasteiger partial charge in [0.05, 0.1) is 0 Å². The summed E-state index contributed by atoms with van der Waals surface area (Å²) in [6.07, 6.45) is 4.04. The number of halogens is 1. The predicted molar refractivity (Wildman–Crippen MR) is 98.0 cm³/mol. The minimum absolute atomic E-state index is 0. The molecule has 1 heterocycles. The highest BCUT2D eigenvalue weighted by Gasteiger charge is 2.07. The van der Waals surface area contributed by atoms with E-state index in [1.54, 1.807) is 0 Å². The summed E-state index contributed by atoms with van der Waals surface area (Å²) in [6, 6.07) is 0. The monoisotopic (exact) mass is 406 g/mol. The third kappa shape index (κ3) is 6.45. The fraction of sp³-hybridized carbons (Fsp3) is 0.643. The van der Waals surface area contributed by atoms with Crippen molar-refractivity contribution in [1.82, 2.24) is 25.0 Å². The SMILES string of the molecule is C=CCCCN(C)C(=NCc1nnc(C)n1C)NCC.I. The van der Waals surface area contributed by atoms with Gasteiger partial charge in [-0.3, -0.25) is 0 Å². The summed E-state index contributed by atoms with van der Waals surface area (Å²) >= 11 is 0. The Morgan fingerprint density at radius 2 is 2.19 bits per heavy atom. The van der Waals surface area contributed by atoms with Gasteiger partial charge in [-0.05, 0) is 26.7 Å². The van der Waals surface area contributed by atoms with E-state index < -0.39 is 0 Å². The summed E-state index contributed by atoms with van der Waals surface area (Å²) in [4.78, 5) is 6.75. The Hall–Kier alpha value is -1.12. The molecule has 1 rings (SSSR count). The molecule has 0 fully saturated rings. The van der Waals surface area contributed by atoms with E-state index in [0.717, 1.165) is 43.5 Å². The second kappa shape index (κ2) is 10.6. The summed E-state index contributed by atoms with van der Waals surface area (Å²) in [6.45, 7) is 10.1. The molecule has 1 aromatic rings. The van der Waals surface area contributed by atoms with Gasteiger partial charge in [0.15, 0.2) is 11.8 Å². The Kier molecular flexibility index (Phi) is 10.0. The minimum atomic E-state index is 0. The standard InChI is InChI=1S/C14H26N6.HI/c1-6-8-9-10-19(4)14(15-7-2)16-11-13-18-17-12(3)20(13)5;/h6H,1,7-11H2,2-5H3,(H,15,16);1H. The topological polar surface area (TPSA) is 58.3 Å². The molecule has 0 saturated heterocycles. The first-order chi connectivity index (χ1) is 9.60. The number of unbranched alkanes of at least 4 members (excludes halogenated alkanes) is 1. The third-order valence-electron chi connectivity index (χ3n) is 3.15. The van der Waals surface area contributed by atoms with Gasteiger partial charge in [0.25, 0.3) is 0 Å². The average Bonchev–Trinajstić information content (AvgIpc) is 2.75. The second-order valence-electron chi connectivity index (χ2n) is 4.75. The minimum Gasteiger partial charge on any atom is -0.357 e. The maximum absolute atomic E-state index is 4.62. The average molecular weight is 406 g/mol. The Balaban J connectivity index is 0.00000400. The molecule has 0 saturated carbocycles. The van der Waals surface area contributed by atoms with Crippen LogP contribution in [0.2, 0.25) is 0 Å². The lowest BCUT2D eigenvalue weighted by molar-refractivity contribution is 0.469. The molecule has 0 aliphatic rings. The predicted octanol–water partition coefficient (Wildman–Crippen LogP) is 2.11. The van der Waals surface area contributed by atoms with Gasteiger partial charge in [-0.25, -0.2) is 4.99 Å². The van der Waals surface area contributed by atoms with Crippen LogP contribution in [0.1, 0.15) is 31.4 Å². The fourth-order valence-corrected chi connectivity index (χ4v) is 1.78. The molecule has 0 aliphatic heterocycles. The Labute approximate surface area is 144 Å². The molecular weight excluding hydrogens is 379 g/mol. The molecule has 1 N–H and O–H groups in total. The molecule has 1 aromatic heterocycles. The Morgan fingerprint density at radius 3 is 2.71 bits per heavy atom. The fourth-order valence-electron chi connectivity index (χ4n) is 1.78. The van der Waals surface area contributed by atoms with Crippen molar-refractivity contribution in [3.8, 4) is 0 Å². The number of guanidine groups is 1. The van der Waals surface area contributed by atoms with Gasteiger partial charge in [0, 0.05) is 27.2 Å². The van der Waals surface area contributed by atoms with Crippen molar-refractivity contribution in [1.29, 1.82) is 0 Å². The summed E-state index contributed by atoms with van der Waals surface area (Å²) in [5.74, 6) is 2.68. The highest BCUT2D eigenvalue weighted by Crippen LogP contribution is 2.01. The van der Waals surface area contributed by atoms with E-state index in [-0.39, 0.29) is 24.0 Å². The van der Waals surface area contributed by atoms with Gasteiger partial charge in [-0.2, -0.15) is 0 Å². The maximum atomic E-state index is 4.62. The van der Waals surface area contributed by atoms with E-state index in [2.05, 4.69) is 38.9 Å². The molecule has 0 bridgehead atoms. The number of aromatic nitrogens is 3. The van der Waals surface area contributed by atoms with Crippen LogP contribution in [-0.4, -0.2) is 45.8 Å². The summed E-state index contributed by atoms with van der Waals surface area (Å²) in [7, 11) is 4.01. The number of nitrogens with one attached hydrogen (secondary N) is 1. The first kappa shape index (κ1) is 19.9. The normalized spacial score (nSPS) is 11.0. The zero-order valence-corrected chi connectivity index (χ0v) is 15.8. The van der Waals surface area contributed by atoms with Crippen LogP contribution < -0.4 is 5.32 Å². The number of allylic oxidation sites excluding steroid dienone is 1. The Bertz CT molecular complexity index is 454. The van der Waals surface area contributed by atoms with Crippen molar-refractivity contribution >= 4 is 29.9 Å². The van der Waals surface area contributed by atoms with Crippen molar-refractivity contribution in [3.05, 3.63) is 24.3 Å². The molecular formula is C14H27IN6. The van der Waals surface area contributed by atoms with Crippen LogP contribution in [0.5, 0.6) is 0 Å². The van der Waals surface area contributed by atoms with E-state index in [1.807, 2.05) is 31.7 Å². The quantitative estimate of drug-likeness (QED) is 0.248. The number of hydrogen-bond donors (Lipinski definition) is 1. The van der Waals surface area contributed by atoms with Crippen molar-refractivity contribution in [2.45, 2.75) is 33.2 Å². The van der Waals surface area contributed by atoms with E-state index in [0.29, 0.717) is 6.54 Å².